The summed E-state index contributed by atoms with van der Waals surface area (Å²) in [4.78, 5) is 5.49. The van der Waals surface area contributed by atoms with E-state index in [9.17, 15) is 0 Å². The Bertz CT molecular complexity index is 404. The van der Waals surface area contributed by atoms with Gasteiger partial charge in [-0.25, -0.2) is 0 Å². The third-order valence-corrected chi connectivity index (χ3v) is 4.70. The predicted molar refractivity (Wildman–Crippen MR) is 72.4 cm³/mol. The number of hydrogen-bond donors (Lipinski definition) is 0. The molecule has 0 aliphatic carbocycles. The van der Waals surface area contributed by atoms with E-state index >= 15 is 0 Å². The van der Waals surface area contributed by atoms with Gasteiger partial charge < -0.3 is 0 Å². The van der Waals surface area contributed by atoms with Crippen LogP contribution in [0.15, 0.2) is 81.3 Å². The molecule has 0 unspecified atom stereocenters. The Balaban J connectivity index is 0.000000457. The highest BCUT2D eigenvalue weighted by Gasteiger charge is 2.14. The molecule has 0 fully saturated rings. The van der Waals surface area contributed by atoms with Gasteiger partial charge in [0.1, 0.15) is 0 Å². The van der Waals surface area contributed by atoms with Gasteiger partial charge in [-0.15, -0.1) is 13.2 Å². The largest absolute Gasteiger partial charge is 0.106 e. The lowest BCUT2D eigenvalue weighted by Gasteiger charge is -2.17. The van der Waals surface area contributed by atoms with Gasteiger partial charge >= 0.3 is 0 Å². The minimum Gasteiger partial charge on any atom is -0.106 e. The standard InChI is InChI=1S/C12H8S2.C2H4/c1-2-6-10-9(5-1)13-11-7-3-4-8-12(11)14-10;1-2/h1-8H;1-2H2. The number of hydrogen-bond acceptors (Lipinski definition) is 2. The van der Waals surface area contributed by atoms with Gasteiger partial charge in [0.2, 0.25) is 0 Å². The number of benzene rings is 2. The first-order valence-electron chi connectivity index (χ1n) is 4.97. The fourth-order valence-electron chi connectivity index (χ4n) is 1.47. The fraction of sp³-hybridized carbons (Fsp3) is 0. The quantitative estimate of drug-likeness (QED) is 0.504. The van der Waals surface area contributed by atoms with E-state index in [4.69, 9.17) is 0 Å². The predicted octanol–water partition coefficient (Wildman–Crippen LogP) is 5.10. The van der Waals surface area contributed by atoms with Gasteiger partial charge in [0.25, 0.3) is 0 Å². The Labute approximate surface area is 105 Å². The first-order chi connectivity index (χ1) is 7.93. The Morgan fingerprint density at radius 1 is 0.562 bits per heavy atom. The zero-order valence-corrected chi connectivity index (χ0v) is 10.5. The molecule has 2 heteroatoms. The minimum atomic E-state index is 1.37. The second-order valence-corrected chi connectivity index (χ2v) is 5.27. The molecule has 0 atom stereocenters. The Hall–Kier alpha value is -1.12. The molecular formula is C14H12S2. The summed E-state index contributed by atoms with van der Waals surface area (Å²) in [5.41, 5.74) is 0. The Morgan fingerprint density at radius 3 is 1.06 bits per heavy atom. The summed E-state index contributed by atoms with van der Waals surface area (Å²) in [6, 6.07) is 17.1. The normalized spacial score (nSPS) is 11.8. The highest BCUT2D eigenvalue weighted by molar-refractivity contribution is 8.05. The monoisotopic (exact) mass is 244 g/mol. The Kier molecular flexibility index (Phi) is 3.75. The van der Waals surface area contributed by atoms with Crippen molar-refractivity contribution in [2.75, 3.05) is 0 Å². The molecule has 0 saturated heterocycles. The Morgan fingerprint density at radius 2 is 0.812 bits per heavy atom. The van der Waals surface area contributed by atoms with Crippen molar-refractivity contribution in [1.29, 1.82) is 0 Å². The smallest absolute Gasteiger partial charge is 0.0262 e. The molecule has 16 heavy (non-hydrogen) atoms. The molecular weight excluding hydrogens is 232 g/mol. The minimum absolute atomic E-state index is 1.37. The number of fused-ring (bicyclic) bond motifs is 2. The van der Waals surface area contributed by atoms with Crippen LogP contribution in [0.5, 0.6) is 0 Å². The van der Waals surface area contributed by atoms with Crippen LogP contribution in [0.2, 0.25) is 0 Å². The van der Waals surface area contributed by atoms with Crippen LogP contribution in [-0.2, 0) is 0 Å². The van der Waals surface area contributed by atoms with Gasteiger partial charge in [-0.1, -0.05) is 47.8 Å². The van der Waals surface area contributed by atoms with Crippen molar-refractivity contribution in [3.8, 4) is 0 Å². The fourth-order valence-corrected chi connectivity index (χ4v) is 3.71. The molecule has 1 heterocycles. The molecule has 0 bridgehead atoms. The van der Waals surface area contributed by atoms with Crippen molar-refractivity contribution in [1.82, 2.24) is 0 Å². The molecule has 1 aliphatic rings. The van der Waals surface area contributed by atoms with Gasteiger partial charge in [0, 0.05) is 19.6 Å². The summed E-state index contributed by atoms with van der Waals surface area (Å²) in [6.45, 7) is 6.00. The van der Waals surface area contributed by atoms with Crippen molar-refractivity contribution < 1.29 is 0 Å². The summed E-state index contributed by atoms with van der Waals surface area (Å²) in [5, 5.41) is 0. The summed E-state index contributed by atoms with van der Waals surface area (Å²) in [6.07, 6.45) is 0. The van der Waals surface area contributed by atoms with E-state index in [2.05, 4.69) is 61.7 Å². The lowest BCUT2D eigenvalue weighted by molar-refractivity contribution is 1.16. The van der Waals surface area contributed by atoms with Crippen LogP contribution in [0.1, 0.15) is 0 Å². The molecule has 0 amide bonds. The summed E-state index contributed by atoms with van der Waals surface area (Å²) >= 11 is 3.72. The lowest BCUT2D eigenvalue weighted by atomic mass is 10.3. The number of rotatable bonds is 0. The molecule has 0 aromatic heterocycles. The van der Waals surface area contributed by atoms with Crippen LogP contribution in [0, 0.1) is 0 Å². The van der Waals surface area contributed by atoms with Crippen molar-refractivity contribution in [3.05, 3.63) is 61.7 Å². The molecule has 0 radical (unpaired) electrons. The zero-order chi connectivity index (χ0) is 11.4. The van der Waals surface area contributed by atoms with E-state index in [0.29, 0.717) is 0 Å². The molecule has 3 rings (SSSR count). The summed E-state index contributed by atoms with van der Waals surface area (Å²) in [7, 11) is 0. The van der Waals surface area contributed by atoms with Crippen LogP contribution in [0.25, 0.3) is 0 Å². The van der Waals surface area contributed by atoms with Gasteiger partial charge in [0.15, 0.2) is 0 Å². The molecule has 2 aromatic carbocycles. The third-order valence-electron chi connectivity index (χ3n) is 2.14. The van der Waals surface area contributed by atoms with E-state index in [0.717, 1.165) is 0 Å². The van der Waals surface area contributed by atoms with Gasteiger partial charge in [-0.2, -0.15) is 0 Å². The zero-order valence-electron chi connectivity index (χ0n) is 8.85. The van der Waals surface area contributed by atoms with E-state index < -0.39 is 0 Å². The maximum absolute atomic E-state index is 3.00. The molecule has 0 spiro atoms. The van der Waals surface area contributed by atoms with Gasteiger partial charge in [-0.3, -0.25) is 0 Å². The van der Waals surface area contributed by atoms with Crippen LogP contribution < -0.4 is 0 Å². The topological polar surface area (TPSA) is 0 Å². The van der Waals surface area contributed by atoms with Crippen LogP contribution in [-0.4, -0.2) is 0 Å². The van der Waals surface area contributed by atoms with Gasteiger partial charge in [0.05, 0.1) is 0 Å². The van der Waals surface area contributed by atoms with Crippen molar-refractivity contribution >= 4 is 23.5 Å². The average Bonchev–Trinajstić information content (AvgIpc) is 2.38. The summed E-state index contributed by atoms with van der Waals surface area (Å²) in [5.74, 6) is 0. The highest BCUT2D eigenvalue weighted by Crippen LogP contribution is 2.47. The van der Waals surface area contributed by atoms with Crippen molar-refractivity contribution in [2.45, 2.75) is 19.6 Å². The van der Waals surface area contributed by atoms with Crippen molar-refractivity contribution in [3.63, 3.8) is 0 Å². The van der Waals surface area contributed by atoms with Crippen LogP contribution in [0.4, 0.5) is 0 Å². The molecule has 0 saturated carbocycles. The molecule has 2 aromatic rings. The molecule has 0 N–H and O–H groups in total. The summed E-state index contributed by atoms with van der Waals surface area (Å²) < 4.78 is 0. The third kappa shape index (κ3) is 2.18. The second kappa shape index (κ2) is 5.28. The first kappa shape index (κ1) is 11.4. The van der Waals surface area contributed by atoms with Crippen LogP contribution in [0.3, 0.4) is 0 Å². The molecule has 0 nitrogen and oxygen atoms in total. The molecule has 1 aliphatic heterocycles. The van der Waals surface area contributed by atoms with E-state index in [1.807, 2.05) is 23.5 Å². The maximum atomic E-state index is 3.00. The maximum Gasteiger partial charge on any atom is 0.0262 e. The average molecular weight is 244 g/mol. The lowest BCUT2D eigenvalue weighted by Crippen LogP contribution is -1.87. The van der Waals surface area contributed by atoms with Gasteiger partial charge in [-0.05, 0) is 24.3 Å². The van der Waals surface area contributed by atoms with E-state index in [1.54, 1.807) is 0 Å². The highest BCUT2D eigenvalue weighted by atomic mass is 32.2. The van der Waals surface area contributed by atoms with E-state index in [-0.39, 0.29) is 0 Å². The molecule has 80 valence electrons. The van der Waals surface area contributed by atoms with E-state index in [1.165, 1.54) is 19.6 Å². The SMILES string of the molecule is C=C.c1ccc2c(c1)Sc1ccccc1S2. The first-order valence-corrected chi connectivity index (χ1v) is 6.60. The second-order valence-electron chi connectivity index (χ2n) is 3.10. The van der Waals surface area contributed by atoms with Crippen molar-refractivity contribution in [2.24, 2.45) is 0 Å². The van der Waals surface area contributed by atoms with Crippen LogP contribution >= 0.6 is 23.5 Å².